The molecule has 0 atom stereocenters. The van der Waals surface area contributed by atoms with Gasteiger partial charge in [-0.05, 0) is 51.7 Å². The Morgan fingerprint density at radius 1 is 1.23 bits per heavy atom. The Bertz CT molecular complexity index is 591. The minimum Gasteiger partial charge on any atom is -0.361 e. The quantitative estimate of drug-likeness (QED) is 0.613. The van der Waals surface area contributed by atoms with Crippen molar-refractivity contribution in [3.8, 4) is 0 Å². The van der Waals surface area contributed by atoms with E-state index in [2.05, 4.69) is 46.7 Å². The molecule has 0 fully saturated rings. The van der Waals surface area contributed by atoms with E-state index < -0.39 is 0 Å². The first kappa shape index (κ1) is 16.5. The first-order chi connectivity index (χ1) is 10.7. The monoisotopic (exact) mass is 302 g/mol. The molecule has 22 heavy (non-hydrogen) atoms. The van der Waals surface area contributed by atoms with Crippen molar-refractivity contribution in [2.24, 2.45) is 0 Å². The number of rotatable bonds is 9. The van der Waals surface area contributed by atoms with Gasteiger partial charge in [0.1, 0.15) is 0 Å². The molecule has 3 N–H and O–H groups in total. The number of amides is 1. The smallest absolute Gasteiger partial charge is 0.233 e. The van der Waals surface area contributed by atoms with Gasteiger partial charge in [0.2, 0.25) is 5.91 Å². The molecule has 1 aromatic heterocycles. The molecule has 2 aromatic rings. The molecule has 0 unspecified atom stereocenters. The second-order valence-corrected chi connectivity index (χ2v) is 5.79. The third-order valence-corrected chi connectivity index (χ3v) is 3.64. The molecule has 0 saturated carbocycles. The van der Waals surface area contributed by atoms with Crippen LogP contribution in [0.4, 0.5) is 0 Å². The number of nitrogens with one attached hydrogen (secondary N) is 3. The minimum absolute atomic E-state index is 0.0599. The van der Waals surface area contributed by atoms with Gasteiger partial charge >= 0.3 is 0 Å². The van der Waals surface area contributed by atoms with Gasteiger partial charge in [-0.1, -0.05) is 18.2 Å². The minimum atomic E-state index is 0.0599. The van der Waals surface area contributed by atoms with Gasteiger partial charge in [0.15, 0.2) is 0 Å². The van der Waals surface area contributed by atoms with Crippen LogP contribution in [-0.2, 0) is 11.2 Å². The van der Waals surface area contributed by atoms with E-state index in [1.165, 1.54) is 10.9 Å². The maximum Gasteiger partial charge on any atom is 0.233 e. The number of carbonyl (C=O) groups is 1. The molecular weight excluding hydrogens is 276 g/mol. The van der Waals surface area contributed by atoms with Crippen molar-refractivity contribution < 1.29 is 4.79 Å². The Morgan fingerprint density at radius 2 is 2.05 bits per heavy atom. The van der Waals surface area contributed by atoms with Crippen molar-refractivity contribution in [1.29, 1.82) is 0 Å². The summed E-state index contributed by atoms with van der Waals surface area (Å²) in [6, 6.07) is 8.23. The summed E-state index contributed by atoms with van der Waals surface area (Å²) in [5.41, 5.74) is 2.39. The van der Waals surface area contributed by atoms with Crippen molar-refractivity contribution in [2.75, 3.05) is 40.3 Å². The van der Waals surface area contributed by atoms with Crippen LogP contribution in [0.15, 0.2) is 30.5 Å². The van der Waals surface area contributed by atoms with Crippen LogP contribution in [0.5, 0.6) is 0 Å². The van der Waals surface area contributed by atoms with Gasteiger partial charge in [-0.3, -0.25) is 4.79 Å². The number of H-pyrrole nitrogens is 1. The zero-order valence-corrected chi connectivity index (χ0v) is 13.5. The molecule has 0 radical (unpaired) electrons. The summed E-state index contributed by atoms with van der Waals surface area (Å²) < 4.78 is 0. The highest BCUT2D eigenvalue weighted by atomic mass is 16.1. The second kappa shape index (κ2) is 8.56. The molecule has 1 aromatic carbocycles. The van der Waals surface area contributed by atoms with Crippen molar-refractivity contribution in [1.82, 2.24) is 20.5 Å². The Labute approximate surface area is 132 Å². The van der Waals surface area contributed by atoms with Gasteiger partial charge in [0.25, 0.3) is 0 Å². The number of hydrogen-bond donors (Lipinski definition) is 3. The maximum absolute atomic E-state index is 11.7. The molecule has 0 spiro atoms. The van der Waals surface area contributed by atoms with Gasteiger partial charge in [0, 0.05) is 23.6 Å². The summed E-state index contributed by atoms with van der Waals surface area (Å²) in [6.45, 7) is 2.96. The SMILES string of the molecule is CN(C)CCCNCC(=O)NCCc1c[nH]c2ccccc12. The molecule has 0 saturated heterocycles. The summed E-state index contributed by atoms with van der Waals surface area (Å²) in [7, 11) is 4.11. The Morgan fingerprint density at radius 3 is 2.86 bits per heavy atom. The number of carbonyl (C=O) groups excluding carboxylic acids is 1. The number of nitrogens with zero attached hydrogens (tertiary/aromatic N) is 1. The molecule has 0 aliphatic rings. The average molecular weight is 302 g/mol. The molecule has 5 nitrogen and oxygen atoms in total. The standard InChI is InChI=1S/C17H26N4O/c1-21(2)11-5-9-18-13-17(22)19-10-8-14-12-20-16-7-4-3-6-15(14)16/h3-4,6-7,12,18,20H,5,8-11,13H2,1-2H3,(H,19,22). The van der Waals surface area contributed by atoms with E-state index in [1.54, 1.807) is 0 Å². The average Bonchev–Trinajstić information content (AvgIpc) is 2.90. The highest BCUT2D eigenvalue weighted by molar-refractivity contribution is 5.83. The van der Waals surface area contributed by atoms with Crippen molar-refractivity contribution in [3.05, 3.63) is 36.0 Å². The summed E-state index contributed by atoms with van der Waals surface area (Å²) in [6.07, 6.45) is 3.92. The Hall–Kier alpha value is -1.85. The molecule has 2 rings (SSSR count). The highest BCUT2D eigenvalue weighted by Gasteiger charge is 2.04. The van der Waals surface area contributed by atoms with Crippen LogP contribution < -0.4 is 10.6 Å². The maximum atomic E-state index is 11.7. The van der Waals surface area contributed by atoms with Crippen LogP contribution in [0.3, 0.4) is 0 Å². The molecule has 120 valence electrons. The lowest BCUT2D eigenvalue weighted by Crippen LogP contribution is -2.35. The van der Waals surface area contributed by atoms with Crippen LogP contribution >= 0.6 is 0 Å². The fourth-order valence-electron chi connectivity index (χ4n) is 2.46. The number of fused-ring (bicyclic) bond motifs is 1. The molecular formula is C17H26N4O. The summed E-state index contributed by atoms with van der Waals surface area (Å²) >= 11 is 0. The zero-order chi connectivity index (χ0) is 15.8. The van der Waals surface area contributed by atoms with Gasteiger partial charge < -0.3 is 20.5 Å². The van der Waals surface area contributed by atoms with Gasteiger partial charge in [-0.25, -0.2) is 0 Å². The summed E-state index contributed by atoms with van der Waals surface area (Å²) in [5, 5.41) is 7.36. The van der Waals surface area contributed by atoms with Crippen LogP contribution in [0, 0.1) is 0 Å². The molecule has 0 aliphatic carbocycles. The van der Waals surface area contributed by atoms with Crippen molar-refractivity contribution >= 4 is 16.8 Å². The van der Waals surface area contributed by atoms with Crippen molar-refractivity contribution in [3.63, 3.8) is 0 Å². The number of aromatic nitrogens is 1. The largest absolute Gasteiger partial charge is 0.361 e. The third kappa shape index (κ3) is 5.16. The summed E-state index contributed by atoms with van der Waals surface area (Å²) in [5.74, 6) is 0.0599. The lowest BCUT2D eigenvalue weighted by atomic mass is 10.1. The number of benzene rings is 1. The van der Waals surface area contributed by atoms with E-state index in [0.29, 0.717) is 13.1 Å². The Balaban J connectivity index is 1.63. The normalized spacial score (nSPS) is 11.2. The predicted octanol–water partition coefficient (Wildman–Crippen LogP) is 1.37. The number of para-hydroxylation sites is 1. The first-order valence-electron chi connectivity index (χ1n) is 7.84. The lowest BCUT2D eigenvalue weighted by Gasteiger charge is -2.10. The molecule has 1 amide bonds. The Kier molecular flexibility index (Phi) is 6.43. The van der Waals surface area contributed by atoms with Crippen LogP contribution in [0.2, 0.25) is 0 Å². The van der Waals surface area contributed by atoms with Crippen LogP contribution in [0.25, 0.3) is 10.9 Å². The molecule has 0 aliphatic heterocycles. The second-order valence-electron chi connectivity index (χ2n) is 5.79. The van der Waals surface area contributed by atoms with Gasteiger partial charge in [0.05, 0.1) is 6.54 Å². The van der Waals surface area contributed by atoms with Crippen LogP contribution in [0.1, 0.15) is 12.0 Å². The predicted molar refractivity (Wildman–Crippen MR) is 91.1 cm³/mol. The molecule has 0 bridgehead atoms. The molecule has 5 heteroatoms. The van der Waals surface area contributed by atoms with E-state index >= 15 is 0 Å². The van der Waals surface area contributed by atoms with Gasteiger partial charge in [-0.15, -0.1) is 0 Å². The summed E-state index contributed by atoms with van der Waals surface area (Å²) in [4.78, 5) is 17.1. The third-order valence-electron chi connectivity index (χ3n) is 3.64. The van der Waals surface area contributed by atoms with Gasteiger partial charge in [-0.2, -0.15) is 0 Å². The van der Waals surface area contributed by atoms with E-state index in [0.717, 1.165) is 31.4 Å². The number of hydrogen-bond acceptors (Lipinski definition) is 3. The fourth-order valence-corrected chi connectivity index (χ4v) is 2.46. The fraction of sp³-hybridized carbons (Fsp3) is 0.471. The van der Waals surface area contributed by atoms with E-state index in [4.69, 9.17) is 0 Å². The van der Waals surface area contributed by atoms with E-state index in [1.807, 2.05) is 18.3 Å². The topological polar surface area (TPSA) is 60.2 Å². The molecule has 1 heterocycles. The highest BCUT2D eigenvalue weighted by Crippen LogP contribution is 2.17. The first-order valence-corrected chi connectivity index (χ1v) is 7.84. The number of aromatic amines is 1. The zero-order valence-electron chi connectivity index (χ0n) is 13.5. The van der Waals surface area contributed by atoms with Crippen LogP contribution in [-0.4, -0.2) is 56.1 Å². The van der Waals surface area contributed by atoms with E-state index in [9.17, 15) is 4.79 Å². The lowest BCUT2D eigenvalue weighted by molar-refractivity contribution is -0.120. The van der Waals surface area contributed by atoms with E-state index in [-0.39, 0.29) is 5.91 Å². The van der Waals surface area contributed by atoms with Crippen molar-refractivity contribution in [2.45, 2.75) is 12.8 Å².